The van der Waals surface area contributed by atoms with Crippen molar-refractivity contribution in [2.75, 3.05) is 36.0 Å². The van der Waals surface area contributed by atoms with Crippen LogP contribution in [0.4, 0.5) is 11.5 Å². The lowest BCUT2D eigenvalue weighted by molar-refractivity contribution is 0.646. The van der Waals surface area contributed by atoms with Gasteiger partial charge in [-0.15, -0.1) is 0 Å². The van der Waals surface area contributed by atoms with Crippen molar-refractivity contribution in [1.82, 2.24) is 4.98 Å². The molecule has 0 atom stereocenters. The third kappa shape index (κ3) is 3.13. The van der Waals surface area contributed by atoms with Crippen LogP contribution < -0.4 is 9.80 Å². The minimum absolute atomic E-state index is 0.555. The van der Waals surface area contributed by atoms with Crippen molar-refractivity contribution < 1.29 is 0 Å². The second-order valence-corrected chi connectivity index (χ2v) is 6.15. The maximum absolute atomic E-state index is 9.31. The van der Waals surface area contributed by atoms with E-state index in [1.807, 2.05) is 12.1 Å². The van der Waals surface area contributed by atoms with Crippen molar-refractivity contribution in [2.24, 2.45) is 0 Å². The number of nitriles is 2. The quantitative estimate of drug-likeness (QED) is 0.816. The van der Waals surface area contributed by atoms with Gasteiger partial charge in [0.25, 0.3) is 0 Å². The molecule has 0 N–H and O–H groups in total. The predicted octanol–water partition coefficient (Wildman–Crippen LogP) is 2.91. The average Bonchev–Trinajstić information content (AvgIpc) is 2.62. The molecule has 1 aromatic heterocycles. The number of anilines is 2. The van der Waals surface area contributed by atoms with E-state index in [9.17, 15) is 10.5 Å². The zero-order valence-corrected chi connectivity index (χ0v) is 14.0. The molecule has 0 radical (unpaired) electrons. The summed E-state index contributed by atoms with van der Waals surface area (Å²) in [6, 6.07) is 13.6. The number of hydrogen-bond acceptors (Lipinski definition) is 5. The zero-order chi connectivity index (χ0) is 16.2. The van der Waals surface area contributed by atoms with Gasteiger partial charge in [-0.05, 0) is 40.2 Å². The molecule has 2 heterocycles. The SMILES string of the molecule is N#Cc1cccc(C#N)c1N1CCN(c2ccc(Br)cn2)CC1. The summed E-state index contributed by atoms with van der Waals surface area (Å²) in [5.41, 5.74) is 1.86. The summed E-state index contributed by atoms with van der Waals surface area (Å²) in [6.07, 6.45) is 1.79. The number of benzene rings is 1. The summed E-state index contributed by atoms with van der Waals surface area (Å²) >= 11 is 3.39. The van der Waals surface area contributed by atoms with Crippen LogP contribution in [-0.2, 0) is 0 Å². The first kappa shape index (κ1) is 15.3. The van der Waals surface area contributed by atoms with E-state index < -0.39 is 0 Å². The van der Waals surface area contributed by atoms with Gasteiger partial charge >= 0.3 is 0 Å². The molecule has 3 rings (SSSR count). The summed E-state index contributed by atoms with van der Waals surface area (Å²) in [4.78, 5) is 8.75. The van der Waals surface area contributed by atoms with Gasteiger partial charge < -0.3 is 9.80 Å². The minimum Gasteiger partial charge on any atom is -0.366 e. The Balaban J connectivity index is 1.79. The Labute approximate surface area is 143 Å². The number of rotatable bonds is 2. The maximum atomic E-state index is 9.31. The predicted molar refractivity (Wildman–Crippen MR) is 92.2 cm³/mol. The lowest BCUT2D eigenvalue weighted by Crippen LogP contribution is -2.47. The van der Waals surface area contributed by atoms with E-state index in [1.165, 1.54) is 0 Å². The number of nitrogens with zero attached hydrogens (tertiary/aromatic N) is 5. The Morgan fingerprint density at radius 3 is 2.04 bits per heavy atom. The molecule has 0 bridgehead atoms. The van der Waals surface area contributed by atoms with Gasteiger partial charge in [0.1, 0.15) is 18.0 Å². The molecule has 1 saturated heterocycles. The second kappa shape index (κ2) is 6.68. The van der Waals surface area contributed by atoms with Crippen LogP contribution in [0.15, 0.2) is 41.0 Å². The van der Waals surface area contributed by atoms with Crippen molar-refractivity contribution in [3.8, 4) is 12.1 Å². The van der Waals surface area contributed by atoms with E-state index in [4.69, 9.17) is 0 Å². The van der Waals surface area contributed by atoms with Gasteiger partial charge in [-0.1, -0.05) is 6.07 Å². The highest BCUT2D eigenvalue weighted by molar-refractivity contribution is 9.10. The van der Waals surface area contributed by atoms with Gasteiger partial charge in [-0.3, -0.25) is 0 Å². The highest BCUT2D eigenvalue weighted by Crippen LogP contribution is 2.27. The van der Waals surface area contributed by atoms with Gasteiger partial charge in [-0.25, -0.2) is 4.98 Å². The Bertz CT molecular complexity index is 748. The summed E-state index contributed by atoms with van der Waals surface area (Å²) in [5.74, 6) is 0.946. The number of halogens is 1. The van der Waals surface area contributed by atoms with Crippen molar-refractivity contribution >= 4 is 27.4 Å². The van der Waals surface area contributed by atoms with Gasteiger partial charge in [0, 0.05) is 36.8 Å². The molecule has 0 spiro atoms. The molecule has 0 saturated carbocycles. The summed E-state index contributed by atoms with van der Waals surface area (Å²) in [6.45, 7) is 3.12. The van der Waals surface area contributed by atoms with Crippen LogP contribution in [0, 0.1) is 22.7 Å². The van der Waals surface area contributed by atoms with Crippen LogP contribution in [0.5, 0.6) is 0 Å². The van der Waals surface area contributed by atoms with Gasteiger partial charge in [0.05, 0.1) is 16.8 Å². The fourth-order valence-electron chi connectivity index (χ4n) is 2.78. The third-order valence-corrected chi connectivity index (χ3v) is 4.38. The fourth-order valence-corrected chi connectivity index (χ4v) is 3.01. The van der Waals surface area contributed by atoms with Crippen LogP contribution in [0.2, 0.25) is 0 Å². The molecular formula is C17H14BrN5. The number of aromatic nitrogens is 1. The fraction of sp³-hybridized carbons (Fsp3) is 0.235. The van der Waals surface area contributed by atoms with Crippen LogP contribution in [0.25, 0.3) is 0 Å². The number of pyridine rings is 1. The molecule has 0 amide bonds. The van der Waals surface area contributed by atoms with E-state index in [0.29, 0.717) is 11.1 Å². The van der Waals surface area contributed by atoms with Crippen LogP contribution in [-0.4, -0.2) is 31.2 Å². The molecule has 6 heteroatoms. The average molecular weight is 368 g/mol. The summed E-state index contributed by atoms with van der Waals surface area (Å²) in [5, 5.41) is 18.6. The first-order valence-corrected chi connectivity index (χ1v) is 8.07. The first-order chi connectivity index (χ1) is 11.2. The van der Waals surface area contributed by atoms with Crippen LogP contribution >= 0.6 is 15.9 Å². The van der Waals surface area contributed by atoms with Crippen LogP contribution in [0.1, 0.15) is 11.1 Å². The molecule has 5 nitrogen and oxygen atoms in total. The van der Waals surface area contributed by atoms with Gasteiger partial charge in [0.15, 0.2) is 0 Å². The Morgan fingerprint density at radius 2 is 1.52 bits per heavy atom. The minimum atomic E-state index is 0.555. The highest BCUT2D eigenvalue weighted by atomic mass is 79.9. The Morgan fingerprint density at radius 1 is 0.913 bits per heavy atom. The molecule has 114 valence electrons. The van der Waals surface area contributed by atoms with E-state index in [1.54, 1.807) is 24.4 Å². The monoisotopic (exact) mass is 367 g/mol. The molecular weight excluding hydrogens is 354 g/mol. The van der Waals surface area contributed by atoms with Crippen molar-refractivity contribution in [3.63, 3.8) is 0 Å². The van der Waals surface area contributed by atoms with Crippen LogP contribution in [0.3, 0.4) is 0 Å². The largest absolute Gasteiger partial charge is 0.366 e. The lowest BCUT2D eigenvalue weighted by Gasteiger charge is -2.37. The lowest BCUT2D eigenvalue weighted by atomic mass is 10.1. The molecule has 1 aromatic carbocycles. The summed E-state index contributed by atoms with van der Waals surface area (Å²) < 4.78 is 0.960. The maximum Gasteiger partial charge on any atom is 0.128 e. The number of para-hydroxylation sites is 1. The molecule has 23 heavy (non-hydrogen) atoms. The zero-order valence-electron chi connectivity index (χ0n) is 12.4. The standard InChI is InChI=1S/C17H14BrN5/c18-15-4-5-16(21-12-15)22-6-8-23(9-7-22)17-13(10-19)2-1-3-14(17)11-20/h1-5,12H,6-9H2. The van der Waals surface area contributed by atoms with E-state index >= 15 is 0 Å². The van der Waals surface area contributed by atoms with E-state index in [0.717, 1.165) is 42.2 Å². The molecule has 1 fully saturated rings. The first-order valence-electron chi connectivity index (χ1n) is 7.27. The van der Waals surface area contributed by atoms with Gasteiger partial charge in [0.2, 0.25) is 0 Å². The second-order valence-electron chi connectivity index (χ2n) is 5.23. The van der Waals surface area contributed by atoms with Crippen molar-refractivity contribution in [1.29, 1.82) is 10.5 Å². The topological polar surface area (TPSA) is 67.0 Å². The summed E-state index contributed by atoms with van der Waals surface area (Å²) in [7, 11) is 0. The Hall–Kier alpha value is -2.57. The molecule has 0 unspecified atom stereocenters. The van der Waals surface area contributed by atoms with Crippen molar-refractivity contribution in [3.05, 3.63) is 52.1 Å². The Kier molecular flexibility index (Phi) is 4.45. The van der Waals surface area contributed by atoms with E-state index in [2.05, 4.69) is 42.9 Å². The number of piperazine rings is 1. The molecule has 0 aliphatic carbocycles. The van der Waals surface area contributed by atoms with Gasteiger partial charge in [-0.2, -0.15) is 10.5 Å². The highest BCUT2D eigenvalue weighted by Gasteiger charge is 2.22. The molecule has 1 aliphatic heterocycles. The third-order valence-electron chi connectivity index (χ3n) is 3.91. The van der Waals surface area contributed by atoms with Crippen molar-refractivity contribution in [2.45, 2.75) is 0 Å². The molecule has 1 aliphatic rings. The van der Waals surface area contributed by atoms with E-state index in [-0.39, 0.29) is 0 Å². The normalized spacial score (nSPS) is 14.2. The molecule has 2 aromatic rings. The smallest absolute Gasteiger partial charge is 0.128 e. The number of hydrogen-bond donors (Lipinski definition) is 0.